The molecular formula is C11H11F3N4S2. The van der Waals surface area contributed by atoms with Gasteiger partial charge in [-0.15, -0.1) is 11.3 Å². The Kier molecular flexibility index (Phi) is 5.18. The topological polar surface area (TPSA) is 50.7 Å². The van der Waals surface area contributed by atoms with Gasteiger partial charge in [0.25, 0.3) is 0 Å². The molecule has 0 amide bonds. The lowest BCUT2D eigenvalue weighted by Gasteiger charge is -2.08. The first kappa shape index (κ1) is 15.0. The molecule has 2 aromatic rings. The summed E-state index contributed by atoms with van der Waals surface area (Å²) in [5.74, 6) is 0.832. The van der Waals surface area contributed by atoms with Gasteiger partial charge in [0.2, 0.25) is 5.95 Å². The van der Waals surface area contributed by atoms with Gasteiger partial charge in [-0.3, -0.25) is 0 Å². The van der Waals surface area contributed by atoms with E-state index in [0.717, 1.165) is 28.8 Å². The highest BCUT2D eigenvalue weighted by Gasteiger charge is 2.32. The van der Waals surface area contributed by atoms with Crippen LogP contribution in [-0.2, 0) is 6.18 Å². The van der Waals surface area contributed by atoms with E-state index in [1.54, 1.807) is 29.3 Å². The molecule has 1 N–H and O–H groups in total. The number of nitrogens with zero attached hydrogens (tertiary/aromatic N) is 3. The van der Waals surface area contributed by atoms with Crippen molar-refractivity contribution in [3.63, 3.8) is 0 Å². The maximum Gasteiger partial charge on any atom is 0.433 e. The van der Waals surface area contributed by atoms with Crippen LogP contribution >= 0.6 is 23.1 Å². The Hall–Kier alpha value is -1.35. The van der Waals surface area contributed by atoms with E-state index in [-0.39, 0.29) is 5.95 Å². The second kappa shape index (κ2) is 6.89. The van der Waals surface area contributed by atoms with Crippen LogP contribution in [0.15, 0.2) is 28.2 Å². The zero-order valence-electron chi connectivity index (χ0n) is 10.2. The molecular weight excluding hydrogens is 309 g/mol. The molecule has 0 saturated heterocycles. The highest BCUT2D eigenvalue weighted by molar-refractivity contribution is 8.00. The molecule has 0 fully saturated rings. The lowest BCUT2D eigenvalue weighted by atomic mass is 10.4. The minimum Gasteiger partial charge on any atom is -0.354 e. The Balaban J connectivity index is 1.74. The fraction of sp³-hybridized carbons (Fsp3) is 0.364. The standard InChI is InChI=1S/C11H11F3N4S2/c12-11(13,14)8-2-4-16-9(18-8)15-3-1-6-19-10-17-5-7-20-10/h2,4-5,7H,1,3,6H2,(H,15,16,18). The first-order valence-corrected chi connectivity index (χ1v) is 7.58. The van der Waals surface area contributed by atoms with Gasteiger partial charge in [-0.2, -0.15) is 13.2 Å². The molecule has 20 heavy (non-hydrogen) atoms. The molecule has 2 rings (SSSR count). The quantitative estimate of drug-likeness (QED) is 0.651. The smallest absolute Gasteiger partial charge is 0.354 e. The van der Waals surface area contributed by atoms with E-state index in [9.17, 15) is 13.2 Å². The molecule has 108 valence electrons. The summed E-state index contributed by atoms with van der Waals surface area (Å²) in [5.41, 5.74) is -0.938. The second-order valence-electron chi connectivity index (χ2n) is 3.69. The third-order valence-corrected chi connectivity index (χ3v) is 4.24. The number of rotatable bonds is 6. The number of alkyl halides is 3. The lowest BCUT2D eigenvalue weighted by Crippen LogP contribution is -2.12. The number of anilines is 1. The highest BCUT2D eigenvalue weighted by Crippen LogP contribution is 2.27. The molecule has 0 saturated carbocycles. The number of thioether (sulfide) groups is 1. The number of aromatic nitrogens is 3. The maximum absolute atomic E-state index is 12.4. The molecule has 2 heterocycles. The van der Waals surface area contributed by atoms with Crippen LogP contribution in [0, 0.1) is 0 Å². The van der Waals surface area contributed by atoms with Crippen molar-refractivity contribution in [3.8, 4) is 0 Å². The number of thiazole rings is 1. The Morgan fingerprint density at radius 2 is 2.10 bits per heavy atom. The molecule has 0 spiro atoms. The van der Waals surface area contributed by atoms with Crippen molar-refractivity contribution in [2.24, 2.45) is 0 Å². The van der Waals surface area contributed by atoms with Crippen molar-refractivity contribution in [2.75, 3.05) is 17.6 Å². The van der Waals surface area contributed by atoms with Crippen LogP contribution in [0.1, 0.15) is 12.1 Å². The van der Waals surface area contributed by atoms with Gasteiger partial charge in [0, 0.05) is 30.1 Å². The van der Waals surface area contributed by atoms with Crippen LogP contribution in [-0.4, -0.2) is 27.2 Å². The van der Waals surface area contributed by atoms with Crippen molar-refractivity contribution in [2.45, 2.75) is 16.9 Å². The molecule has 0 aliphatic rings. The first-order chi connectivity index (χ1) is 9.55. The highest BCUT2D eigenvalue weighted by atomic mass is 32.2. The number of hydrogen-bond donors (Lipinski definition) is 1. The summed E-state index contributed by atoms with van der Waals surface area (Å²) >= 11 is 3.18. The molecule has 0 aliphatic carbocycles. The lowest BCUT2D eigenvalue weighted by molar-refractivity contribution is -0.141. The molecule has 0 unspecified atom stereocenters. The van der Waals surface area contributed by atoms with E-state index in [2.05, 4.69) is 20.3 Å². The van der Waals surface area contributed by atoms with Crippen molar-refractivity contribution in [1.82, 2.24) is 15.0 Å². The van der Waals surface area contributed by atoms with E-state index >= 15 is 0 Å². The van der Waals surface area contributed by atoms with E-state index in [1.165, 1.54) is 0 Å². The zero-order valence-corrected chi connectivity index (χ0v) is 11.9. The van der Waals surface area contributed by atoms with Crippen LogP contribution in [0.4, 0.5) is 19.1 Å². The second-order valence-corrected chi connectivity index (χ2v) is 5.93. The summed E-state index contributed by atoms with van der Waals surface area (Å²) in [6, 6.07) is 0.851. The molecule has 0 bridgehead atoms. The van der Waals surface area contributed by atoms with Crippen molar-refractivity contribution < 1.29 is 13.2 Å². The summed E-state index contributed by atoms with van der Waals surface area (Å²) in [6.45, 7) is 0.514. The third-order valence-electron chi connectivity index (χ3n) is 2.19. The summed E-state index contributed by atoms with van der Waals surface area (Å²) in [6.07, 6.45) is -0.825. The fourth-order valence-corrected chi connectivity index (χ4v) is 2.96. The predicted molar refractivity (Wildman–Crippen MR) is 73.0 cm³/mol. The normalized spacial score (nSPS) is 11.6. The maximum atomic E-state index is 12.4. The van der Waals surface area contributed by atoms with Crippen molar-refractivity contribution in [3.05, 3.63) is 29.5 Å². The van der Waals surface area contributed by atoms with Gasteiger partial charge >= 0.3 is 6.18 Å². The molecule has 0 aromatic carbocycles. The molecule has 2 aromatic heterocycles. The van der Waals surface area contributed by atoms with Crippen LogP contribution in [0.5, 0.6) is 0 Å². The summed E-state index contributed by atoms with van der Waals surface area (Å²) in [4.78, 5) is 11.3. The van der Waals surface area contributed by atoms with E-state index in [0.29, 0.717) is 6.54 Å². The van der Waals surface area contributed by atoms with Crippen LogP contribution in [0.3, 0.4) is 0 Å². The van der Waals surface area contributed by atoms with Gasteiger partial charge in [0.1, 0.15) is 10.0 Å². The van der Waals surface area contributed by atoms with E-state index < -0.39 is 11.9 Å². The van der Waals surface area contributed by atoms with Gasteiger partial charge in [0.15, 0.2) is 0 Å². The van der Waals surface area contributed by atoms with E-state index in [4.69, 9.17) is 0 Å². The monoisotopic (exact) mass is 320 g/mol. The van der Waals surface area contributed by atoms with Gasteiger partial charge < -0.3 is 5.32 Å². The van der Waals surface area contributed by atoms with E-state index in [1.807, 2.05) is 5.38 Å². The van der Waals surface area contributed by atoms with Crippen molar-refractivity contribution >= 4 is 29.0 Å². The Morgan fingerprint density at radius 1 is 1.25 bits per heavy atom. The average molecular weight is 320 g/mol. The summed E-state index contributed by atoms with van der Waals surface area (Å²) in [7, 11) is 0. The molecule has 0 radical (unpaired) electrons. The average Bonchev–Trinajstić information content (AvgIpc) is 2.91. The number of halogens is 3. The van der Waals surface area contributed by atoms with Crippen LogP contribution < -0.4 is 5.32 Å². The van der Waals surface area contributed by atoms with Crippen LogP contribution in [0.25, 0.3) is 0 Å². The SMILES string of the molecule is FC(F)(F)c1ccnc(NCCCSc2nccs2)n1. The van der Waals surface area contributed by atoms with Gasteiger partial charge in [-0.25, -0.2) is 15.0 Å². The third kappa shape index (κ3) is 4.64. The molecule has 0 atom stereocenters. The number of hydrogen-bond acceptors (Lipinski definition) is 6. The minimum absolute atomic E-state index is 0.000858. The fourth-order valence-electron chi connectivity index (χ4n) is 1.32. The van der Waals surface area contributed by atoms with Crippen molar-refractivity contribution in [1.29, 1.82) is 0 Å². The van der Waals surface area contributed by atoms with Gasteiger partial charge in [-0.05, 0) is 12.5 Å². The number of nitrogens with one attached hydrogen (secondary N) is 1. The Bertz CT molecular complexity index is 531. The van der Waals surface area contributed by atoms with Crippen LogP contribution in [0.2, 0.25) is 0 Å². The van der Waals surface area contributed by atoms with Gasteiger partial charge in [-0.1, -0.05) is 11.8 Å². The minimum atomic E-state index is -4.44. The predicted octanol–water partition coefficient (Wildman–Crippen LogP) is 3.55. The molecule has 9 heteroatoms. The van der Waals surface area contributed by atoms with Gasteiger partial charge in [0.05, 0.1) is 0 Å². The summed E-state index contributed by atoms with van der Waals surface area (Å²) < 4.78 is 38.3. The largest absolute Gasteiger partial charge is 0.433 e. The zero-order chi connectivity index (χ0) is 14.4. The Morgan fingerprint density at radius 3 is 2.80 bits per heavy atom. The molecule has 4 nitrogen and oxygen atoms in total. The Labute approximate surface area is 121 Å². The first-order valence-electron chi connectivity index (χ1n) is 5.72. The summed E-state index contributed by atoms with van der Waals surface area (Å²) in [5, 5.41) is 4.68. The molecule has 0 aliphatic heterocycles.